The zero-order valence-corrected chi connectivity index (χ0v) is 13.3. The molecular formula is C12H10FN7O4S. The van der Waals surface area contributed by atoms with Gasteiger partial charge in [0.1, 0.15) is 17.8 Å². The molecule has 25 heavy (non-hydrogen) atoms. The van der Waals surface area contributed by atoms with Crippen molar-refractivity contribution in [3.8, 4) is 0 Å². The van der Waals surface area contributed by atoms with Gasteiger partial charge in [0.15, 0.2) is 11.3 Å². The van der Waals surface area contributed by atoms with Crippen molar-refractivity contribution >= 4 is 34.2 Å². The number of aryl methyl sites for hydroxylation is 1. The summed E-state index contributed by atoms with van der Waals surface area (Å²) in [5, 5.41) is 9.64. The summed E-state index contributed by atoms with van der Waals surface area (Å²) >= 11 is -2.54. The Morgan fingerprint density at radius 3 is 2.88 bits per heavy atom. The van der Waals surface area contributed by atoms with Crippen LogP contribution in [0, 0.1) is 5.82 Å². The summed E-state index contributed by atoms with van der Waals surface area (Å²) in [5.74, 6) is -1.65. The van der Waals surface area contributed by atoms with Crippen LogP contribution in [0.2, 0.25) is 0 Å². The summed E-state index contributed by atoms with van der Waals surface area (Å²) in [7, 11) is 1.38. The van der Waals surface area contributed by atoms with Crippen LogP contribution in [0.25, 0.3) is 5.65 Å². The maximum atomic E-state index is 13.8. The summed E-state index contributed by atoms with van der Waals surface area (Å²) in [6, 6.07) is 3.67. The zero-order chi connectivity index (χ0) is 18.1. The van der Waals surface area contributed by atoms with E-state index in [4.69, 9.17) is 4.55 Å². The van der Waals surface area contributed by atoms with Gasteiger partial charge in [0.05, 0.1) is 5.69 Å². The number of hydrogen-bond acceptors (Lipinski definition) is 6. The molecule has 0 saturated heterocycles. The Morgan fingerprint density at radius 2 is 2.16 bits per heavy atom. The number of rotatable bonds is 4. The molecule has 3 aromatic rings. The van der Waals surface area contributed by atoms with Gasteiger partial charge in [-0.05, 0) is 12.1 Å². The lowest BCUT2D eigenvalue weighted by Crippen LogP contribution is -2.27. The molecule has 2 aromatic heterocycles. The SMILES string of the molecule is Cn1nnc2c(C(=O)Nc3cccc(F)c3NS(=O)O)ncn2c1=O. The van der Waals surface area contributed by atoms with Crippen LogP contribution < -0.4 is 15.7 Å². The molecule has 0 saturated carbocycles. The van der Waals surface area contributed by atoms with Crippen LogP contribution in [0.5, 0.6) is 0 Å². The average Bonchev–Trinajstić information content (AvgIpc) is 2.99. The Kier molecular flexibility index (Phi) is 4.24. The maximum absolute atomic E-state index is 13.8. The van der Waals surface area contributed by atoms with Crippen molar-refractivity contribution in [1.29, 1.82) is 0 Å². The topological polar surface area (TPSA) is 144 Å². The second kappa shape index (κ2) is 6.37. The van der Waals surface area contributed by atoms with Crippen LogP contribution >= 0.6 is 0 Å². The Bertz CT molecular complexity index is 1060. The van der Waals surface area contributed by atoms with Crippen molar-refractivity contribution in [2.24, 2.45) is 7.05 Å². The Labute approximate surface area is 140 Å². The van der Waals surface area contributed by atoms with Gasteiger partial charge in [-0.3, -0.25) is 14.1 Å². The van der Waals surface area contributed by atoms with Gasteiger partial charge in [0, 0.05) is 7.05 Å². The van der Waals surface area contributed by atoms with Crippen LogP contribution in [0.15, 0.2) is 29.3 Å². The van der Waals surface area contributed by atoms with E-state index in [1.165, 1.54) is 19.2 Å². The fraction of sp³-hybridized carbons (Fsp3) is 0.0833. The van der Waals surface area contributed by atoms with Gasteiger partial charge in [0.2, 0.25) is 0 Å². The standard InChI is InChI=1S/C12H10FN7O4S/c1-19-12(22)20-5-14-9(10(20)16-18-19)11(21)15-7-4-2-3-6(13)8(7)17-25(23)24/h2-5,17H,1H3,(H,15,21)(H,23,24). The number of benzene rings is 1. The molecule has 0 aliphatic rings. The van der Waals surface area contributed by atoms with E-state index in [0.717, 1.165) is 21.5 Å². The number of nitrogens with zero attached hydrogens (tertiary/aromatic N) is 5. The Morgan fingerprint density at radius 1 is 1.40 bits per heavy atom. The third-order valence-corrected chi connectivity index (χ3v) is 3.54. The highest BCUT2D eigenvalue weighted by molar-refractivity contribution is 7.80. The van der Waals surface area contributed by atoms with Crippen molar-refractivity contribution in [3.63, 3.8) is 0 Å². The first-order valence-corrected chi connectivity index (χ1v) is 7.73. The Balaban J connectivity index is 1.99. The number of amides is 1. The smallest absolute Gasteiger partial charge is 0.319 e. The quantitative estimate of drug-likeness (QED) is 0.540. The number of carbonyl (C=O) groups is 1. The van der Waals surface area contributed by atoms with Gasteiger partial charge in [-0.15, -0.1) is 5.10 Å². The molecule has 130 valence electrons. The van der Waals surface area contributed by atoms with E-state index in [1.54, 1.807) is 0 Å². The molecule has 1 aromatic carbocycles. The molecule has 0 spiro atoms. The van der Waals surface area contributed by atoms with E-state index in [-0.39, 0.29) is 22.7 Å². The molecule has 0 aliphatic carbocycles. The van der Waals surface area contributed by atoms with Crippen LogP contribution in [0.1, 0.15) is 10.5 Å². The summed E-state index contributed by atoms with van der Waals surface area (Å²) in [6.07, 6.45) is 1.11. The number of imidazole rings is 1. The predicted molar refractivity (Wildman–Crippen MR) is 84.8 cm³/mol. The van der Waals surface area contributed by atoms with Gasteiger partial charge in [-0.2, -0.15) is 4.68 Å². The van der Waals surface area contributed by atoms with Gasteiger partial charge >= 0.3 is 5.69 Å². The van der Waals surface area contributed by atoms with Crippen LogP contribution in [0.3, 0.4) is 0 Å². The second-order valence-corrected chi connectivity index (χ2v) is 5.45. The van der Waals surface area contributed by atoms with E-state index < -0.39 is 28.7 Å². The number of nitrogens with one attached hydrogen (secondary N) is 2. The van der Waals surface area contributed by atoms with E-state index in [1.807, 2.05) is 4.72 Å². The van der Waals surface area contributed by atoms with Crippen molar-refractivity contribution < 1.29 is 17.9 Å². The van der Waals surface area contributed by atoms with Crippen molar-refractivity contribution in [2.75, 3.05) is 10.0 Å². The number of hydrogen-bond donors (Lipinski definition) is 3. The number of aromatic nitrogens is 5. The zero-order valence-electron chi connectivity index (χ0n) is 12.5. The lowest BCUT2D eigenvalue weighted by atomic mass is 10.2. The molecule has 0 bridgehead atoms. The molecule has 0 radical (unpaired) electrons. The summed E-state index contributed by atoms with van der Waals surface area (Å²) in [4.78, 5) is 28.1. The minimum Gasteiger partial charge on any atom is -0.319 e. The molecule has 11 nitrogen and oxygen atoms in total. The average molecular weight is 367 g/mol. The second-order valence-electron chi connectivity index (χ2n) is 4.75. The minimum atomic E-state index is -2.54. The fourth-order valence-electron chi connectivity index (χ4n) is 2.04. The van der Waals surface area contributed by atoms with Gasteiger partial charge in [-0.1, -0.05) is 11.3 Å². The summed E-state index contributed by atoms with van der Waals surface area (Å²) < 4.78 is 37.5. The lowest BCUT2D eigenvalue weighted by Gasteiger charge is -2.11. The highest BCUT2D eigenvalue weighted by Crippen LogP contribution is 2.26. The molecule has 3 rings (SSSR count). The predicted octanol–water partition coefficient (Wildman–Crippen LogP) is -0.237. The number of halogens is 1. The first kappa shape index (κ1) is 16.7. The molecule has 1 unspecified atom stereocenters. The largest absolute Gasteiger partial charge is 0.352 e. The Hall–Kier alpha value is -3.19. The van der Waals surface area contributed by atoms with E-state index in [2.05, 4.69) is 20.6 Å². The minimum absolute atomic E-state index is 0.0859. The third-order valence-electron chi connectivity index (χ3n) is 3.17. The molecule has 1 atom stereocenters. The number of anilines is 2. The highest BCUT2D eigenvalue weighted by atomic mass is 32.2. The van der Waals surface area contributed by atoms with Gasteiger partial charge in [-0.25, -0.2) is 22.8 Å². The molecule has 1 amide bonds. The number of carbonyl (C=O) groups excluding carboxylic acids is 1. The van der Waals surface area contributed by atoms with Gasteiger partial charge in [0.25, 0.3) is 17.2 Å². The normalized spacial score (nSPS) is 12.1. The lowest BCUT2D eigenvalue weighted by molar-refractivity contribution is 0.102. The summed E-state index contributed by atoms with van der Waals surface area (Å²) in [6.45, 7) is 0. The molecule has 0 aliphatic heterocycles. The molecular weight excluding hydrogens is 357 g/mol. The fourth-order valence-corrected chi connectivity index (χ4v) is 2.42. The number of para-hydroxylation sites is 1. The van der Waals surface area contributed by atoms with Crippen molar-refractivity contribution in [1.82, 2.24) is 24.4 Å². The highest BCUT2D eigenvalue weighted by Gasteiger charge is 2.19. The van der Waals surface area contributed by atoms with Crippen molar-refractivity contribution in [3.05, 3.63) is 46.5 Å². The number of fused-ring (bicyclic) bond motifs is 1. The van der Waals surface area contributed by atoms with E-state index in [0.29, 0.717) is 0 Å². The van der Waals surface area contributed by atoms with Crippen LogP contribution in [-0.2, 0) is 18.3 Å². The van der Waals surface area contributed by atoms with Gasteiger partial charge < -0.3 is 5.32 Å². The maximum Gasteiger partial charge on any atom is 0.352 e. The van der Waals surface area contributed by atoms with E-state index in [9.17, 15) is 18.2 Å². The van der Waals surface area contributed by atoms with E-state index >= 15 is 0 Å². The monoisotopic (exact) mass is 367 g/mol. The molecule has 3 N–H and O–H groups in total. The third kappa shape index (κ3) is 3.09. The van der Waals surface area contributed by atoms with Crippen LogP contribution in [0.4, 0.5) is 15.8 Å². The molecule has 0 fully saturated rings. The first-order chi connectivity index (χ1) is 11.9. The summed E-state index contributed by atoms with van der Waals surface area (Å²) in [5.41, 5.74) is -1.32. The molecule has 2 heterocycles. The first-order valence-electron chi connectivity index (χ1n) is 6.63. The van der Waals surface area contributed by atoms with Crippen molar-refractivity contribution in [2.45, 2.75) is 0 Å². The molecule has 13 heteroatoms. The van der Waals surface area contributed by atoms with Crippen LogP contribution in [-0.4, -0.2) is 39.0 Å².